The summed E-state index contributed by atoms with van der Waals surface area (Å²) in [7, 11) is 0. The van der Waals surface area contributed by atoms with Gasteiger partial charge in [0.1, 0.15) is 0 Å². The summed E-state index contributed by atoms with van der Waals surface area (Å²) in [6, 6.07) is 0. The Hall–Kier alpha value is 0.196. The fourth-order valence-electron chi connectivity index (χ4n) is 12.0. The van der Waals surface area contributed by atoms with Gasteiger partial charge < -0.3 is 10.2 Å². The van der Waals surface area contributed by atoms with E-state index in [1.807, 2.05) is 0 Å². The van der Waals surface area contributed by atoms with Gasteiger partial charge in [-0.2, -0.15) is 0 Å². The van der Waals surface area contributed by atoms with Gasteiger partial charge in [0.15, 0.2) is 5.60 Å². The van der Waals surface area contributed by atoms with Crippen molar-refractivity contribution in [3.63, 3.8) is 0 Å². The van der Waals surface area contributed by atoms with Gasteiger partial charge in [-0.15, -0.1) is 0 Å². The minimum absolute atomic E-state index is 0. The van der Waals surface area contributed by atoms with Gasteiger partial charge in [-0.3, -0.25) is 0 Å². The van der Waals surface area contributed by atoms with E-state index in [0.717, 1.165) is 42.9 Å². The second-order valence-electron chi connectivity index (χ2n) is 15.7. The molecule has 0 saturated heterocycles. The smallest absolute Gasteiger partial charge is 0.336 e. The van der Waals surface area contributed by atoms with Crippen molar-refractivity contribution in [1.82, 2.24) is 0 Å². The standard InChI is InChI=1S/C31H52O3.Mg.2H/c1-19-11-13-27(5)16-17-28(6)21(24(27)20(19)2)9-10-23-29(28,7)14-12-22-26(3,4)15-18-31(34,25(32)33)30(22,23)8;;;/h19-24,34H,9-18H2,1-8H3,(H,32,33);;;/t19-,20+,21-,22+,23+,24+,27-,28-,29-,30+,31?;;;/m1.../s1. The molecule has 4 heteroatoms. The zero-order valence-corrected chi connectivity index (χ0v) is 23.3. The van der Waals surface area contributed by atoms with E-state index < -0.39 is 17.0 Å². The Morgan fingerprint density at radius 2 is 1.40 bits per heavy atom. The number of aliphatic carboxylic acids is 1. The molecule has 0 aliphatic heterocycles. The second kappa shape index (κ2) is 8.35. The van der Waals surface area contributed by atoms with E-state index in [0.29, 0.717) is 11.8 Å². The maximum absolute atomic E-state index is 12.7. The Morgan fingerprint density at radius 3 is 2.03 bits per heavy atom. The minimum Gasteiger partial charge on any atom is -0.479 e. The molecule has 5 fully saturated rings. The topological polar surface area (TPSA) is 57.5 Å². The zero-order valence-electron chi connectivity index (χ0n) is 23.3. The maximum Gasteiger partial charge on any atom is 0.336 e. The third-order valence-electron chi connectivity index (χ3n) is 14.5. The van der Waals surface area contributed by atoms with Crippen LogP contribution in [0, 0.1) is 62.6 Å². The quantitative estimate of drug-likeness (QED) is 0.398. The molecule has 0 aromatic rings. The summed E-state index contributed by atoms with van der Waals surface area (Å²) >= 11 is 0. The van der Waals surface area contributed by atoms with Crippen LogP contribution in [0.2, 0.25) is 0 Å². The highest BCUT2D eigenvalue weighted by Gasteiger charge is 2.74. The largest absolute Gasteiger partial charge is 0.479 e. The average molecular weight is 499 g/mol. The molecule has 35 heavy (non-hydrogen) atoms. The van der Waals surface area contributed by atoms with E-state index in [-0.39, 0.29) is 51.1 Å². The Morgan fingerprint density at radius 1 is 0.743 bits per heavy atom. The van der Waals surface area contributed by atoms with Crippen LogP contribution in [0.1, 0.15) is 120 Å². The molecule has 0 aromatic carbocycles. The highest BCUT2D eigenvalue weighted by Crippen LogP contribution is 2.78. The van der Waals surface area contributed by atoms with E-state index >= 15 is 0 Å². The van der Waals surface area contributed by atoms with Gasteiger partial charge in [-0.05, 0) is 121 Å². The van der Waals surface area contributed by atoms with Gasteiger partial charge in [-0.1, -0.05) is 55.4 Å². The maximum atomic E-state index is 12.7. The van der Waals surface area contributed by atoms with Crippen LogP contribution in [0.4, 0.5) is 0 Å². The Bertz CT molecular complexity index is 871. The summed E-state index contributed by atoms with van der Waals surface area (Å²) in [5.74, 6) is 2.62. The summed E-state index contributed by atoms with van der Waals surface area (Å²) in [6.45, 7) is 19.6. The van der Waals surface area contributed by atoms with Crippen molar-refractivity contribution in [3.8, 4) is 0 Å². The van der Waals surface area contributed by atoms with Crippen LogP contribution < -0.4 is 0 Å². The molecule has 5 saturated carbocycles. The highest BCUT2D eigenvalue weighted by atomic mass is 24.3. The first-order valence-corrected chi connectivity index (χ1v) is 14.5. The number of carbonyl (C=O) groups is 1. The SMILES string of the molecule is C[C@@H]1[C@H]2[C@H]3CC[C@@H]4[C@]5(C)[C@@H](CC[C@@]4(C)[C@]3(C)CC[C@@]2(C)CC[C@H]1C)C(C)(C)CCC5(O)C(=O)O.[MgH2]. The van der Waals surface area contributed by atoms with Gasteiger partial charge in [0.2, 0.25) is 0 Å². The van der Waals surface area contributed by atoms with Gasteiger partial charge in [-0.25, -0.2) is 4.79 Å². The summed E-state index contributed by atoms with van der Waals surface area (Å²) in [4.78, 5) is 12.7. The van der Waals surface area contributed by atoms with E-state index in [1.54, 1.807) is 0 Å². The summed E-state index contributed by atoms with van der Waals surface area (Å²) in [5, 5.41) is 22.4. The molecule has 0 aromatic heterocycles. The van der Waals surface area contributed by atoms with E-state index in [2.05, 4.69) is 55.4 Å². The molecule has 0 radical (unpaired) electrons. The van der Waals surface area contributed by atoms with E-state index in [9.17, 15) is 15.0 Å². The molecule has 3 nitrogen and oxygen atoms in total. The first-order valence-electron chi connectivity index (χ1n) is 14.5. The lowest BCUT2D eigenvalue weighted by Crippen LogP contribution is -2.73. The Labute approximate surface area is 231 Å². The molecule has 198 valence electrons. The van der Waals surface area contributed by atoms with Crippen LogP contribution in [0.3, 0.4) is 0 Å². The third-order valence-corrected chi connectivity index (χ3v) is 14.5. The lowest BCUT2D eigenvalue weighted by Gasteiger charge is -2.75. The highest BCUT2D eigenvalue weighted by molar-refractivity contribution is 5.79. The summed E-state index contributed by atoms with van der Waals surface area (Å²) < 4.78 is 0. The van der Waals surface area contributed by atoms with Gasteiger partial charge in [0.25, 0.3) is 0 Å². The number of fused-ring (bicyclic) bond motifs is 7. The van der Waals surface area contributed by atoms with Gasteiger partial charge in [0.05, 0.1) is 0 Å². The summed E-state index contributed by atoms with van der Waals surface area (Å²) in [5.41, 5.74) is -1.34. The molecule has 5 aliphatic rings. The van der Waals surface area contributed by atoms with Crippen molar-refractivity contribution in [2.75, 3.05) is 0 Å². The molecule has 2 N–H and O–H groups in total. The van der Waals surface area contributed by atoms with Crippen molar-refractivity contribution >= 4 is 29.0 Å². The lowest BCUT2D eigenvalue weighted by molar-refractivity contribution is -0.290. The fraction of sp³-hybridized carbons (Fsp3) is 0.968. The molecule has 0 spiro atoms. The molecular formula is C31H54MgO3. The predicted molar refractivity (Wildman–Crippen MR) is 146 cm³/mol. The summed E-state index contributed by atoms with van der Waals surface area (Å²) in [6.07, 6.45) is 11.1. The first kappa shape index (κ1) is 28.2. The zero-order chi connectivity index (χ0) is 25.1. The number of rotatable bonds is 1. The third kappa shape index (κ3) is 3.33. The number of carboxylic acids is 1. The van der Waals surface area contributed by atoms with Crippen molar-refractivity contribution in [3.05, 3.63) is 0 Å². The molecule has 1 unspecified atom stereocenters. The lowest BCUT2D eigenvalue weighted by atomic mass is 9.30. The van der Waals surface area contributed by atoms with E-state index in [1.165, 1.54) is 38.5 Å². The Kier molecular flexibility index (Phi) is 6.73. The second-order valence-corrected chi connectivity index (χ2v) is 15.7. The van der Waals surface area contributed by atoms with Crippen molar-refractivity contribution < 1.29 is 15.0 Å². The van der Waals surface area contributed by atoms with Crippen molar-refractivity contribution in [2.24, 2.45) is 62.6 Å². The minimum atomic E-state index is -1.61. The molecule has 11 atom stereocenters. The molecule has 0 amide bonds. The van der Waals surface area contributed by atoms with Gasteiger partial charge in [0, 0.05) is 5.41 Å². The van der Waals surface area contributed by atoms with Crippen LogP contribution in [-0.2, 0) is 4.79 Å². The number of carboxylic acid groups (broad SMARTS) is 1. The normalized spacial score (nSPS) is 56.9. The van der Waals surface area contributed by atoms with Gasteiger partial charge >= 0.3 is 29.0 Å². The molecule has 5 rings (SSSR count). The average Bonchev–Trinajstić information content (AvgIpc) is 2.75. The number of hydrogen-bond acceptors (Lipinski definition) is 2. The molecular weight excluding hydrogens is 445 g/mol. The van der Waals surface area contributed by atoms with E-state index in [4.69, 9.17) is 0 Å². The van der Waals surface area contributed by atoms with Crippen LogP contribution in [0.25, 0.3) is 0 Å². The predicted octanol–water partition coefficient (Wildman–Crippen LogP) is 6.64. The fourth-order valence-corrected chi connectivity index (χ4v) is 12.0. The van der Waals surface area contributed by atoms with Crippen LogP contribution >= 0.6 is 0 Å². The number of aliphatic hydroxyl groups is 1. The van der Waals surface area contributed by atoms with Crippen molar-refractivity contribution in [2.45, 2.75) is 125 Å². The Balaban J connectivity index is 0.00000289. The molecule has 0 heterocycles. The monoisotopic (exact) mass is 498 g/mol. The van der Waals surface area contributed by atoms with Crippen LogP contribution in [0.5, 0.6) is 0 Å². The van der Waals surface area contributed by atoms with Crippen LogP contribution in [-0.4, -0.2) is 44.8 Å². The van der Waals surface area contributed by atoms with Crippen molar-refractivity contribution in [1.29, 1.82) is 0 Å². The molecule has 5 aliphatic carbocycles. The van der Waals surface area contributed by atoms with Crippen LogP contribution in [0.15, 0.2) is 0 Å². The molecule has 0 bridgehead atoms. The first-order chi connectivity index (χ1) is 15.6. The number of hydrogen-bond donors (Lipinski definition) is 2.